The van der Waals surface area contributed by atoms with Gasteiger partial charge in [0, 0.05) is 6.42 Å². The number of methoxy groups -OCH3 is 1. The molecular weight excluding hydrogens is 228 g/mol. The van der Waals surface area contributed by atoms with Crippen LogP contribution in [0.3, 0.4) is 0 Å². The molecule has 0 spiro atoms. The summed E-state index contributed by atoms with van der Waals surface area (Å²) in [4.78, 5) is 11.5. The maximum absolute atomic E-state index is 11.5. The lowest BCUT2D eigenvalue weighted by molar-refractivity contribution is -0.115. The van der Waals surface area contributed by atoms with Crippen LogP contribution in [0.25, 0.3) is 0 Å². The van der Waals surface area contributed by atoms with Crippen LogP contribution in [0, 0.1) is 0 Å². The maximum atomic E-state index is 11.5. The Morgan fingerprint density at radius 3 is 2.44 bits per heavy atom. The zero-order valence-corrected chi connectivity index (χ0v) is 11.8. The van der Waals surface area contributed by atoms with Gasteiger partial charge in [0.15, 0.2) is 5.75 Å². The van der Waals surface area contributed by atoms with Crippen molar-refractivity contribution in [1.29, 1.82) is 0 Å². The van der Waals surface area contributed by atoms with E-state index in [0.717, 1.165) is 5.56 Å². The molecule has 0 unspecified atom stereocenters. The van der Waals surface area contributed by atoms with Crippen LogP contribution in [0.1, 0.15) is 39.7 Å². The molecule has 1 aromatic carbocycles. The molecule has 0 aliphatic rings. The number of nitrogen functional groups attached to an aromatic ring is 1. The zero-order valence-electron chi connectivity index (χ0n) is 11.8. The lowest BCUT2D eigenvalue weighted by Crippen LogP contribution is -2.15. The highest BCUT2D eigenvalue weighted by Gasteiger charge is 2.19. The summed E-state index contributed by atoms with van der Waals surface area (Å²) in [5.74, 6) is 0.462. The van der Waals surface area contributed by atoms with Crippen molar-refractivity contribution >= 4 is 17.3 Å². The molecule has 1 amide bonds. The van der Waals surface area contributed by atoms with Crippen LogP contribution >= 0.6 is 0 Å². The molecule has 100 valence electrons. The lowest BCUT2D eigenvalue weighted by atomic mass is 9.86. The second kappa shape index (κ2) is 5.29. The number of anilines is 2. The largest absolute Gasteiger partial charge is 0.492 e. The Morgan fingerprint density at radius 2 is 2.00 bits per heavy atom. The number of benzene rings is 1. The van der Waals surface area contributed by atoms with Crippen LogP contribution in [0.4, 0.5) is 11.4 Å². The summed E-state index contributed by atoms with van der Waals surface area (Å²) in [5, 5.41) is 2.82. The van der Waals surface area contributed by atoms with E-state index in [2.05, 4.69) is 26.1 Å². The Labute approximate surface area is 109 Å². The van der Waals surface area contributed by atoms with Crippen LogP contribution in [-0.4, -0.2) is 13.0 Å². The van der Waals surface area contributed by atoms with Crippen molar-refractivity contribution in [3.05, 3.63) is 17.7 Å². The Kier molecular flexibility index (Phi) is 4.22. The molecule has 3 N–H and O–H groups in total. The van der Waals surface area contributed by atoms with Crippen molar-refractivity contribution in [2.24, 2.45) is 0 Å². The van der Waals surface area contributed by atoms with E-state index in [0.29, 0.717) is 23.5 Å². The van der Waals surface area contributed by atoms with Crippen molar-refractivity contribution < 1.29 is 9.53 Å². The molecule has 0 saturated carbocycles. The van der Waals surface area contributed by atoms with Crippen LogP contribution in [0.15, 0.2) is 12.1 Å². The number of rotatable bonds is 3. The van der Waals surface area contributed by atoms with Gasteiger partial charge >= 0.3 is 0 Å². The van der Waals surface area contributed by atoms with Gasteiger partial charge in [0.05, 0.1) is 18.5 Å². The van der Waals surface area contributed by atoms with Crippen molar-refractivity contribution in [3.8, 4) is 5.75 Å². The first-order valence-corrected chi connectivity index (χ1v) is 6.07. The summed E-state index contributed by atoms with van der Waals surface area (Å²) >= 11 is 0. The van der Waals surface area contributed by atoms with Gasteiger partial charge in [-0.05, 0) is 23.1 Å². The van der Waals surface area contributed by atoms with Crippen molar-refractivity contribution in [1.82, 2.24) is 0 Å². The lowest BCUT2D eigenvalue weighted by Gasteiger charge is -2.22. The minimum atomic E-state index is -0.0567. The summed E-state index contributed by atoms with van der Waals surface area (Å²) in [6, 6.07) is 3.81. The molecule has 0 radical (unpaired) electrons. The second-order valence-electron chi connectivity index (χ2n) is 5.30. The molecule has 4 nitrogen and oxygen atoms in total. The first-order valence-electron chi connectivity index (χ1n) is 6.07. The summed E-state index contributed by atoms with van der Waals surface area (Å²) in [6.07, 6.45) is 0.419. The van der Waals surface area contributed by atoms with E-state index in [-0.39, 0.29) is 11.3 Å². The van der Waals surface area contributed by atoms with Crippen LogP contribution in [-0.2, 0) is 10.2 Å². The number of amides is 1. The van der Waals surface area contributed by atoms with E-state index < -0.39 is 0 Å². The molecule has 18 heavy (non-hydrogen) atoms. The average Bonchev–Trinajstić information content (AvgIpc) is 2.27. The predicted octanol–water partition coefficient (Wildman–Crippen LogP) is 2.92. The highest BCUT2D eigenvalue weighted by atomic mass is 16.5. The fourth-order valence-corrected chi connectivity index (χ4v) is 1.64. The average molecular weight is 250 g/mol. The number of carbonyl (C=O) groups is 1. The Morgan fingerprint density at radius 1 is 1.39 bits per heavy atom. The molecule has 0 saturated heterocycles. The van der Waals surface area contributed by atoms with Gasteiger partial charge in [-0.15, -0.1) is 0 Å². The third-order valence-corrected chi connectivity index (χ3v) is 2.78. The Hall–Kier alpha value is -1.71. The highest BCUT2D eigenvalue weighted by molar-refractivity contribution is 5.93. The van der Waals surface area contributed by atoms with Gasteiger partial charge in [-0.2, -0.15) is 0 Å². The summed E-state index contributed by atoms with van der Waals surface area (Å²) in [6.45, 7) is 8.10. The smallest absolute Gasteiger partial charge is 0.224 e. The Balaban J connectivity index is 3.28. The molecule has 0 aliphatic carbocycles. The zero-order chi connectivity index (χ0) is 13.9. The third kappa shape index (κ3) is 3.15. The van der Waals surface area contributed by atoms with Gasteiger partial charge < -0.3 is 15.8 Å². The summed E-state index contributed by atoms with van der Waals surface area (Å²) in [7, 11) is 1.55. The van der Waals surface area contributed by atoms with Gasteiger partial charge in [0.2, 0.25) is 5.91 Å². The minimum absolute atomic E-state index is 0.0356. The molecule has 0 fully saturated rings. The molecule has 0 aliphatic heterocycles. The maximum Gasteiger partial charge on any atom is 0.224 e. The van der Waals surface area contributed by atoms with E-state index in [1.807, 2.05) is 12.1 Å². The van der Waals surface area contributed by atoms with E-state index in [4.69, 9.17) is 10.5 Å². The van der Waals surface area contributed by atoms with Gasteiger partial charge in [-0.3, -0.25) is 4.79 Å². The summed E-state index contributed by atoms with van der Waals surface area (Å²) < 4.78 is 5.25. The second-order valence-corrected chi connectivity index (χ2v) is 5.30. The van der Waals surface area contributed by atoms with E-state index in [1.54, 1.807) is 14.0 Å². The molecular formula is C14H22N2O2. The van der Waals surface area contributed by atoms with Gasteiger partial charge in [0.1, 0.15) is 0 Å². The quantitative estimate of drug-likeness (QED) is 0.811. The van der Waals surface area contributed by atoms with Crippen molar-refractivity contribution in [2.45, 2.75) is 39.5 Å². The van der Waals surface area contributed by atoms with Crippen LogP contribution in [0.5, 0.6) is 5.75 Å². The number of hydrogen-bond acceptors (Lipinski definition) is 3. The Bertz CT molecular complexity index is 448. The third-order valence-electron chi connectivity index (χ3n) is 2.78. The van der Waals surface area contributed by atoms with Crippen molar-refractivity contribution in [2.75, 3.05) is 18.2 Å². The standard InChI is InChI=1S/C14H22N2O2/c1-6-12(17)16-11-8-9(14(2,3)4)7-10(15)13(11)18-5/h7-8H,6,15H2,1-5H3,(H,16,17). The number of carbonyl (C=O) groups excluding carboxylic acids is 1. The molecule has 4 heteroatoms. The molecule has 1 rings (SSSR count). The van der Waals surface area contributed by atoms with Crippen LogP contribution < -0.4 is 15.8 Å². The monoisotopic (exact) mass is 250 g/mol. The number of nitrogens with two attached hydrogens (primary N) is 1. The van der Waals surface area contributed by atoms with E-state index >= 15 is 0 Å². The summed E-state index contributed by atoms with van der Waals surface area (Å²) in [5.41, 5.74) is 8.17. The van der Waals surface area contributed by atoms with Crippen molar-refractivity contribution in [3.63, 3.8) is 0 Å². The number of hydrogen-bond donors (Lipinski definition) is 2. The normalized spacial score (nSPS) is 11.2. The first-order chi connectivity index (χ1) is 8.29. The highest BCUT2D eigenvalue weighted by Crippen LogP contribution is 2.36. The minimum Gasteiger partial charge on any atom is -0.492 e. The van der Waals surface area contributed by atoms with Crippen LogP contribution in [0.2, 0.25) is 0 Å². The molecule has 0 atom stereocenters. The van der Waals surface area contributed by atoms with E-state index in [9.17, 15) is 4.79 Å². The topological polar surface area (TPSA) is 64.4 Å². The molecule has 0 aromatic heterocycles. The SMILES string of the molecule is CCC(=O)Nc1cc(C(C)(C)C)cc(N)c1OC. The van der Waals surface area contributed by atoms with Gasteiger partial charge in [0.25, 0.3) is 0 Å². The molecule has 0 bridgehead atoms. The molecule has 0 heterocycles. The number of nitrogens with one attached hydrogen (secondary N) is 1. The van der Waals surface area contributed by atoms with E-state index in [1.165, 1.54) is 0 Å². The fourth-order valence-electron chi connectivity index (χ4n) is 1.64. The number of ether oxygens (including phenoxy) is 1. The predicted molar refractivity (Wildman–Crippen MR) is 75.0 cm³/mol. The fraction of sp³-hybridized carbons (Fsp3) is 0.500. The van der Waals surface area contributed by atoms with Gasteiger partial charge in [-0.1, -0.05) is 27.7 Å². The van der Waals surface area contributed by atoms with Gasteiger partial charge in [-0.25, -0.2) is 0 Å². The molecule has 1 aromatic rings. The first kappa shape index (κ1) is 14.4.